The standard InChI is InChI=1S/C19H16Cl2N4O2S/c1-10-14(21)4-3-5-15(10)24-17(26)16-11(2)22-19(28-16)25-18(27)23-13-8-6-12(20)7-9-13/h3-9H,1-2H3,(H,24,26)(H2,22,23,25,27). The van der Waals surface area contributed by atoms with Crippen LogP contribution in [0.25, 0.3) is 0 Å². The van der Waals surface area contributed by atoms with Crippen molar-refractivity contribution in [1.29, 1.82) is 0 Å². The van der Waals surface area contributed by atoms with E-state index in [1.54, 1.807) is 49.4 Å². The van der Waals surface area contributed by atoms with Gasteiger partial charge in [0.15, 0.2) is 5.13 Å². The van der Waals surface area contributed by atoms with Crippen LogP contribution >= 0.6 is 34.5 Å². The number of hydrogen-bond donors (Lipinski definition) is 3. The van der Waals surface area contributed by atoms with Crippen LogP contribution < -0.4 is 16.0 Å². The molecule has 0 saturated heterocycles. The summed E-state index contributed by atoms with van der Waals surface area (Å²) >= 11 is 13.0. The number of nitrogens with one attached hydrogen (secondary N) is 3. The van der Waals surface area contributed by atoms with Gasteiger partial charge in [-0.1, -0.05) is 40.6 Å². The number of rotatable bonds is 4. The van der Waals surface area contributed by atoms with Gasteiger partial charge in [-0.25, -0.2) is 9.78 Å². The number of amides is 3. The number of thiazole rings is 1. The van der Waals surface area contributed by atoms with Crippen molar-refractivity contribution < 1.29 is 9.59 Å². The molecule has 28 heavy (non-hydrogen) atoms. The Morgan fingerprint density at radius 2 is 1.68 bits per heavy atom. The Balaban J connectivity index is 1.68. The Morgan fingerprint density at radius 1 is 0.964 bits per heavy atom. The van der Waals surface area contributed by atoms with Crippen LogP contribution in [0.4, 0.5) is 21.3 Å². The van der Waals surface area contributed by atoms with Gasteiger partial charge in [0.1, 0.15) is 4.88 Å². The normalized spacial score (nSPS) is 10.4. The summed E-state index contributed by atoms with van der Waals surface area (Å²) in [6.07, 6.45) is 0. The summed E-state index contributed by atoms with van der Waals surface area (Å²) in [7, 11) is 0. The zero-order valence-electron chi connectivity index (χ0n) is 15.0. The number of urea groups is 1. The molecule has 0 atom stereocenters. The average Bonchev–Trinajstić information content (AvgIpc) is 3.01. The first-order valence-corrected chi connectivity index (χ1v) is 9.78. The predicted molar refractivity (Wildman–Crippen MR) is 115 cm³/mol. The number of hydrogen-bond acceptors (Lipinski definition) is 4. The Morgan fingerprint density at radius 3 is 2.39 bits per heavy atom. The predicted octanol–water partition coefficient (Wildman–Crippen LogP) is 5.96. The molecule has 0 aliphatic rings. The van der Waals surface area contributed by atoms with E-state index in [0.717, 1.165) is 16.9 Å². The number of nitrogens with zero attached hydrogens (tertiary/aromatic N) is 1. The Labute approximate surface area is 175 Å². The van der Waals surface area contributed by atoms with Crippen LogP contribution in [0.3, 0.4) is 0 Å². The maximum atomic E-state index is 12.6. The number of benzene rings is 2. The van der Waals surface area contributed by atoms with Crippen molar-refractivity contribution in [2.75, 3.05) is 16.0 Å². The number of aromatic nitrogens is 1. The largest absolute Gasteiger partial charge is 0.325 e. The van der Waals surface area contributed by atoms with E-state index in [0.29, 0.717) is 37.1 Å². The average molecular weight is 435 g/mol. The van der Waals surface area contributed by atoms with Crippen LogP contribution in [-0.2, 0) is 0 Å². The number of anilines is 3. The smallest absolute Gasteiger partial charge is 0.321 e. The SMILES string of the molecule is Cc1nc(NC(=O)Nc2ccc(Cl)cc2)sc1C(=O)Nc1cccc(Cl)c1C. The van der Waals surface area contributed by atoms with E-state index in [1.807, 2.05) is 6.92 Å². The highest BCUT2D eigenvalue weighted by molar-refractivity contribution is 7.17. The van der Waals surface area contributed by atoms with E-state index in [-0.39, 0.29) is 5.91 Å². The van der Waals surface area contributed by atoms with Crippen LogP contribution in [0, 0.1) is 13.8 Å². The van der Waals surface area contributed by atoms with E-state index in [4.69, 9.17) is 23.2 Å². The van der Waals surface area contributed by atoms with Crippen molar-refractivity contribution in [3.05, 3.63) is 68.6 Å². The maximum Gasteiger partial charge on any atom is 0.325 e. The summed E-state index contributed by atoms with van der Waals surface area (Å²) in [5.74, 6) is -0.313. The van der Waals surface area contributed by atoms with Gasteiger partial charge in [-0.2, -0.15) is 0 Å². The van der Waals surface area contributed by atoms with E-state index >= 15 is 0 Å². The molecule has 1 heterocycles. The molecule has 0 spiro atoms. The Kier molecular flexibility index (Phi) is 6.18. The minimum atomic E-state index is -0.464. The third-order valence-corrected chi connectivity index (χ3v) is 5.57. The second-order valence-electron chi connectivity index (χ2n) is 5.89. The van der Waals surface area contributed by atoms with Crippen LogP contribution in [0.1, 0.15) is 20.9 Å². The molecule has 0 unspecified atom stereocenters. The van der Waals surface area contributed by atoms with Gasteiger partial charge in [0.2, 0.25) is 0 Å². The molecule has 0 fully saturated rings. The van der Waals surface area contributed by atoms with Gasteiger partial charge in [0.25, 0.3) is 5.91 Å². The van der Waals surface area contributed by atoms with Gasteiger partial charge in [0, 0.05) is 21.4 Å². The van der Waals surface area contributed by atoms with E-state index in [2.05, 4.69) is 20.9 Å². The lowest BCUT2D eigenvalue weighted by Gasteiger charge is -2.08. The van der Waals surface area contributed by atoms with Gasteiger partial charge >= 0.3 is 6.03 Å². The summed E-state index contributed by atoms with van der Waals surface area (Å²) in [4.78, 5) is 29.4. The molecule has 1 aromatic heterocycles. The molecule has 3 rings (SSSR count). The van der Waals surface area contributed by atoms with E-state index < -0.39 is 6.03 Å². The number of halogens is 2. The highest BCUT2D eigenvalue weighted by Gasteiger charge is 2.18. The van der Waals surface area contributed by atoms with E-state index in [9.17, 15) is 9.59 Å². The molecule has 0 aliphatic heterocycles. The van der Waals surface area contributed by atoms with Gasteiger partial charge in [-0.05, 0) is 55.8 Å². The lowest BCUT2D eigenvalue weighted by atomic mass is 10.2. The molecule has 2 aromatic carbocycles. The summed E-state index contributed by atoms with van der Waals surface area (Å²) in [6, 6.07) is 11.5. The quantitative estimate of drug-likeness (QED) is 0.473. The molecular formula is C19H16Cl2N4O2S. The van der Waals surface area contributed by atoms with Crippen molar-refractivity contribution in [2.24, 2.45) is 0 Å². The molecule has 6 nitrogen and oxygen atoms in total. The summed E-state index contributed by atoms with van der Waals surface area (Å²) < 4.78 is 0. The third kappa shape index (κ3) is 4.81. The van der Waals surface area contributed by atoms with Crippen LogP contribution in [0.5, 0.6) is 0 Å². The number of carbonyl (C=O) groups excluding carboxylic acids is 2. The molecule has 3 aromatic rings. The van der Waals surface area contributed by atoms with Crippen molar-refractivity contribution in [3.63, 3.8) is 0 Å². The zero-order chi connectivity index (χ0) is 20.3. The first kappa shape index (κ1) is 20.1. The molecule has 9 heteroatoms. The topological polar surface area (TPSA) is 83.1 Å². The van der Waals surface area contributed by atoms with Crippen molar-refractivity contribution in [3.8, 4) is 0 Å². The first-order valence-electron chi connectivity index (χ1n) is 8.21. The fourth-order valence-electron chi connectivity index (χ4n) is 2.38. The minimum absolute atomic E-state index is 0.313. The highest BCUT2D eigenvalue weighted by atomic mass is 35.5. The van der Waals surface area contributed by atoms with Crippen LogP contribution in [0.2, 0.25) is 10.0 Å². The maximum absolute atomic E-state index is 12.6. The van der Waals surface area contributed by atoms with Crippen LogP contribution in [0.15, 0.2) is 42.5 Å². The van der Waals surface area contributed by atoms with Gasteiger partial charge in [-0.15, -0.1) is 0 Å². The number of aryl methyl sites for hydroxylation is 1. The summed E-state index contributed by atoms with van der Waals surface area (Å²) in [5.41, 5.74) is 2.51. The zero-order valence-corrected chi connectivity index (χ0v) is 17.3. The monoisotopic (exact) mass is 434 g/mol. The lowest BCUT2D eigenvalue weighted by molar-refractivity contribution is 0.102. The minimum Gasteiger partial charge on any atom is -0.321 e. The first-order chi connectivity index (χ1) is 13.3. The lowest BCUT2D eigenvalue weighted by Crippen LogP contribution is -2.19. The van der Waals surface area contributed by atoms with Gasteiger partial charge in [-0.3, -0.25) is 10.1 Å². The molecule has 0 aliphatic carbocycles. The Hall–Kier alpha value is -2.61. The molecule has 0 bridgehead atoms. The molecule has 0 saturated carbocycles. The second kappa shape index (κ2) is 8.60. The van der Waals surface area contributed by atoms with Crippen molar-refractivity contribution in [2.45, 2.75) is 13.8 Å². The second-order valence-corrected chi connectivity index (χ2v) is 7.73. The summed E-state index contributed by atoms with van der Waals surface area (Å²) in [6.45, 7) is 3.53. The fourth-order valence-corrected chi connectivity index (χ4v) is 3.53. The van der Waals surface area contributed by atoms with Crippen LogP contribution in [-0.4, -0.2) is 16.9 Å². The molecular weight excluding hydrogens is 419 g/mol. The fraction of sp³-hybridized carbons (Fsp3) is 0.105. The molecule has 144 valence electrons. The Bertz CT molecular complexity index is 1030. The van der Waals surface area contributed by atoms with E-state index in [1.165, 1.54) is 0 Å². The summed E-state index contributed by atoms with van der Waals surface area (Å²) in [5, 5.41) is 9.59. The molecule has 0 radical (unpaired) electrons. The molecule has 3 N–H and O–H groups in total. The number of carbonyl (C=O) groups is 2. The van der Waals surface area contributed by atoms with Gasteiger partial charge < -0.3 is 10.6 Å². The molecule has 3 amide bonds. The van der Waals surface area contributed by atoms with Gasteiger partial charge in [0.05, 0.1) is 5.69 Å². The van der Waals surface area contributed by atoms with Crippen molar-refractivity contribution in [1.82, 2.24) is 4.98 Å². The third-order valence-electron chi connectivity index (χ3n) is 3.84. The van der Waals surface area contributed by atoms with Crippen molar-refractivity contribution >= 4 is 63.0 Å². The highest BCUT2D eigenvalue weighted by Crippen LogP contribution is 2.27.